The van der Waals surface area contributed by atoms with E-state index in [0.29, 0.717) is 44.8 Å². The number of carbonyl (C=O) groups excluding carboxylic acids is 3. The van der Waals surface area contributed by atoms with Crippen molar-refractivity contribution in [2.75, 3.05) is 19.6 Å². The molecule has 0 saturated carbocycles. The lowest BCUT2D eigenvalue weighted by Gasteiger charge is -2.33. The Morgan fingerprint density at radius 2 is 1.93 bits per heavy atom. The van der Waals surface area contributed by atoms with E-state index in [1.165, 1.54) is 0 Å². The van der Waals surface area contributed by atoms with Crippen molar-refractivity contribution in [2.45, 2.75) is 38.8 Å². The number of amides is 3. The van der Waals surface area contributed by atoms with Gasteiger partial charge in [-0.05, 0) is 25.3 Å². The van der Waals surface area contributed by atoms with Crippen LogP contribution in [0.25, 0.3) is 0 Å². The summed E-state index contributed by atoms with van der Waals surface area (Å²) in [4.78, 5) is 41.1. The van der Waals surface area contributed by atoms with Crippen molar-refractivity contribution in [3.8, 4) is 0 Å². The van der Waals surface area contributed by atoms with Crippen LogP contribution in [0.15, 0.2) is 40.9 Å². The number of piperidine rings is 1. The largest absolute Gasteiger partial charge is 0.361 e. The van der Waals surface area contributed by atoms with E-state index in [1.807, 2.05) is 35.2 Å². The van der Waals surface area contributed by atoms with Gasteiger partial charge in [-0.2, -0.15) is 0 Å². The van der Waals surface area contributed by atoms with Crippen molar-refractivity contribution in [3.05, 3.63) is 53.4 Å². The maximum absolute atomic E-state index is 12.9. The Labute approximate surface area is 175 Å². The van der Waals surface area contributed by atoms with Crippen LogP contribution in [0.1, 0.15) is 41.1 Å². The number of aromatic nitrogens is 1. The van der Waals surface area contributed by atoms with Gasteiger partial charge in [0.15, 0.2) is 5.69 Å². The molecule has 158 valence electrons. The zero-order chi connectivity index (χ0) is 21.1. The summed E-state index contributed by atoms with van der Waals surface area (Å²) in [5.41, 5.74) is 1.34. The highest BCUT2D eigenvalue weighted by atomic mass is 16.5. The number of benzene rings is 1. The normalized spacial score (nSPS) is 19.9. The van der Waals surface area contributed by atoms with Crippen molar-refractivity contribution in [1.82, 2.24) is 20.3 Å². The number of likely N-dealkylation sites (tertiary alicyclic amines) is 2. The topological polar surface area (TPSA) is 95.8 Å². The molecule has 2 aromatic rings. The summed E-state index contributed by atoms with van der Waals surface area (Å²) in [6.45, 7) is 3.90. The summed E-state index contributed by atoms with van der Waals surface area (Å²) < 4.78 is 4.94. The third kappa shape index (κ3) is 4.53. The fraction of sp³-hybridized carbons (Fsp3) is 0.455. The highest BCUT2D eigenvalue weighted by molar-refractivity contribution is 5.92. The minimum Gasteiger partial charge on any atom is -0.361 e. The Bertz CT molecular complexity index is 918. The van der Waals surface area contributed by atoms with Crippen LogP contribution >= 0.6 is 0 Å². The van der Waals surface area contributed by atoms with Crippen molar-refractivity contribution < 1.29 is 18.9 Å². The van der Waals surface area contributed by atoms with Crippen LogP contribution in [0.5, 0.6) is 0 Å². The maximum Gasteiger partial charge on any atom is 0.273 e. The molecule has 8 nitrogen and oxygen atoms in total. The number of hydrogen-bond acceptors (Lipinski definition) is 5. The van der Waals surface area contributed by atoms with Crippen LogP contribution in [0.2, 0.25) is 0 Å². The van der Waals surface area contributed by atoms with Gasteiger partial charge in [0.05, 0.1) is 5.92 Å². The highest BCUT2D eigenvalue weighted by Crippen LogP contribution is 2.24. The van der Waals surface area contributed by atoms with E-state index >= 15 is 0 Å². The molecule has 2 saturated heterocycles. The van der Waals surface area contributed by atoms with Crippen molar-refractivity contribution in [1.29, 1.82) is 0 Å². The number of hydrogen-bond donors (Lipinski definition) is 1. The molecule has 1 aromatic heterocycles. The van der Waals surface area contributed by atoms with Gasteiger partial charge in [-0.25, -0.2) is 0 Å². The Morgan fingerprint density at radius 1 is 1.20 bits per heavy atom. The molecule has 4 rings (SSSR count). The van der Waals surface area contributed by atoms with Gasteiger partial charge in [-0.1, -0.05) is 35.5 Å². The third-order valence-electron chi connectivity index (χ3n) is 5.78. The molecular weight excluding hydrogens is 384 g/mol. The number of aryl methyl sites for hydroxylation is 1. The fourth-order valence-electron chi connectivity index (χ4n) is 4.13. The molecule has 8 heteroatoms. The zero-order valence-corrected chi connectivity index (χ0v) is 17.0. The molecule has 30 heavy (non-hydrogen) atoms. The molecule has 2 fully saturated rings. The average Bonchev–Trinajstić information content (AvgIpc) is 3.35. The summed E-state index contributed by atoms with van der Waals surface area (Å²) in [5.74, 6) is 0.117. The third-order valence-corrected chi connectivity index (χ3v) is 5.78. The maximum atomic E-state index is 12.9. The Hall–Kier alpha value is -3.16. The predicted molar refractivity (Wildman–Crippen MR) is 108 cm³/mol. The van der Waals surface area contributed by atoms with E-state index < -0.39 is 0 Å². The number of carbonyl (C=O) groups is 3. The molecule has 2 aliphatic rings. The molecule has 0 spiro atoms. The molecule has 1 atom stereocenters. The monoisotopic (exact) mass is 410 g/mol. The van der Waals surface area contributed by atoms with Gasteiger partial charge in [0.2, 0.25) is 11.8 Å². The molecule has 3 heterocycles. The van der Waals surface area contributed by atoms with Crippen LogP contribution in [-0.4, -0.2) is 58.4 Å². The van der Waals surface area contributed by atoms with Crippen LogP contribution in [0.4, 0.5) is 0 Å². The molecule has 3 amide bonds. The smallest absolute Gasteiger partial charge is 0.273 e. The first-order valence-electron chi connectivity index (χ1n) is 10.3. The van der Waals surface area contributed by atoms with E-state index in [-0.39, 0.29) is 41.8 Å². The lowest BCUT2D eigenvalue weighted by atomic mass is 10.0. The van der Waals surface area contributed by atoms with E-state index in [1.54, 1.807) is 17.9 Å². The van der Waals surface area contributed by atoms with Crippen LogP contribution in [0.3, 0.4) is 0 Å². The van der Waals surface area contributed by atoms with Crippen LogP contribution in [-0.2, 0) is 16.1 Å². The Balaban J connectivity index is 1.26. The summed E-state index contributed by atoms with van der Waals surface area (Å²) in [5, 5.41) is 6.69. The summed E-state index contributed by atoms with van der Waals surface area (Å²) >= 11 is 0. The van der Waals surface area contributed by atoms with Gasteiger partial charge < -0.3 is 19.6 Å². The van der Waals surface area contributed by atoms with Crippen molar-refractivity contribution in [3.63, 3.8) is 0 Å². The Morgan fingerprint density at radius 3 is 2.60 bits per heavy atom. The standard InChI is InChI=1S/C22H26N4O4/c1-15-11-19(24-30-15)21(28)23-18-7-9-25(10-8-18)22(29)17-12-20(27)26(14-17)13-16-5-3-2-4-6-16/h2-6,11,17-18H,7-10,12-14H2,1H3,(H,23,28). The fourth-order valence-corrected chi connectivity index (χ4v) is 4.13. The number of rotatable bonds is 5. The SMILES string of the molecule is Cc1cc(C(=O)NC2CCN(C(=O)C3CC(=O)N(Cc4ccccc4)C3)CC2)no1. The minimum absolute atomic E-state index is 0.00153. The van der Waals surface area contributed by atoms with Crippen molar-refractivity contribution >= 4 is 17.7 Å². The first-order chi connectivity index (χ1) is 14.5. The van der Waals surface area contributed by atoms with Gasteiger partial charge in [0, 0.05) is 44.7 Å². The lowest BCUT2D eigenvalue weighted by molar-refractivity contribution is -0.136. The van der Waals surface area contributed by atoms with E-state index in [0.717, 1.165) is 5.56 Å². The second kappa shape index (κ2) is 8.69. The second-order valence-corrected chi connectivity index (χ2v) is 8.06. The molecule has 1 aromatic carbocycles. The van der Waals surface area contributed by atoms with Crippen LogP contribution in [0, 0.1) is 12.8 Å². The number of nitrogens with one attached hydrogen (secondary N) is 1. The van der Waals surface area contributed by atoms with Gasteiger partial charge in [-0.3, -0.25) is 14.4 Å². The summed E-state index contributed by atoms with van der Waals surface area (Å²) in [6, 6.07) is 11.4. The molecule has 0 radical (unpaired) electrons. The minimum atomic E-state index is -0.287. The summed E-state index contributed by atoms with van der Waals surface area (Å²) in [7, 11) is 0. The van der Waals surface area contributed by atoms with E-state index in [9.17, 15) is 14.4 Å². The predicted octanol–water partition coefficient (Wildman–Crippen LogP) is 1.75. The molecular formula is C22H26N4O4. The summed E-state index contributed by atoms with van der Waals surface area (Å²) in [6.07, 6.45) is 1.64. The molecule has 2 aliphatic heterocycles. The lowest BCUT2D eigenvalue weighted by Crippen LogP contribution is -2.48. The van der Waals surface area contributed by atoms with Gasteiger partial charge in [-0.15, -0.1) is 0 Å². The highest BCUT2D eigenvalue weighted by Gasteiger charge is 2.37. The van der Waals surface area contributed by atoms with Gasteiger partial charge in [0.25, 0.3) is 5.91 Å². The van der Waals surface area contributed by atoms with Gasteiger partial charge in [0.1, 0.15) is 5.76 Å². The Kier molecular flexibility index (Phi) is 5.83. The number of nitrogens with zero attached hydrogens (tertiary/aromatic N) is 3. The molecule has 1 unspecified atom stereocenters. The molecule has 0 aliphatic carbocycles. The van der Waals surface area contributed by atoms with E-state index in [2.05, 4.69) is 10.5 Å². The van der Waals surface area contributed by atoms with E-state index in [4.69, 9.17) is 4.52 Å². The molecule has 0 bridgehead atoms. The van der Waals surface area contributed by atoms with Crippen molar-refractivity contribution in [2.24, 2.45) is 5.92 Å². The first kappa shape index (κ1) is 20.1. The average molecular weight is 410 g/mol. The first-order valence-corrected chi connectivity index (χ1v) is 10.3. The molecule has 1 N–H and O–H groups in total. The zero-order valence-electron chi connectivity index (χ0n) is 17.0. The van der Waals surface area contributed by atoms with Crippen LogP contribution < -0.4 is 5.32 Å². The second-order valence-electron chi connectivity index (χ2n) is 8.06. The quantitative estimate of drug-likeness (QED) is 0.810. The van der Waals surface area contributed by atoms with Gasteiger partial charge >= 0.3 is 0 Å².